The molecule has 142 valence electrons. The molecule has 0 saturated carbocycles. The van der Waals surface area contributed by atoms with Crippen LogP contribution in [-0.2, 0) is 17.1 Å². The van der Waals surface area contributed by atoms with E-state index >= 15 is 0 Å². The number of benzene rings is 2. The molecule has 0 heterocycles. The second-order valence-electron chi connectivity index (χ2n) is 6.10. The van der Waals surface area contributed by atoms with E-state index in [1.54, 1.807) is 0 Å². The zero-order chi connectivity index (χ0) is 18.9. The normalized spacial score (nSPS) is 14.0. The molecular formula is C25H23FeOP. The Kier molecular flexibility index (Phi) is 9.11. The fourth-order valence-electron chi connectivity index (χ4n) is 3.07. The molecule has 0 unspecified atom stereocenters. The van der Waals surface area contributed by atoms with Crippen molar-refractivity contribution >= 4 is 18.5 Å². The van der Waals surface area contributed by atoms with Gasteiger partial charge < -0.3 is 5.11 Å². The molecule has 0 aliphatic heterocycles. The van der Waals surface area contributed by atoms with E-state index in [1.807, 2.05) is 42.5 Å². The number of rotatable bonds is 4. The first-order valence-electron chi connectivity index (χ1n) is 9.15. The van der Waals surface area contributed by atoms with Gasteiger partial charge in [-0.2, -0.15) is 18.2 Å². The van der Waals surface area contributed by atoms with E-state index in [-0.39, 0.29) is 17.1 Å². The third-order valence-corrected chi connectivity index (χ3v) is 6.89. The van der Waals surface area contributed by atoms with Gasteiger partial charge in [0.1, 0.15) is 0 Å². The van der Waals surface area contributed by atoms with Gasteiger partial charge in [0, 0.05) is 0 Å². The number of hydrogen-bond donors (Lipinski definition) is 0. The molecule has 3 aromatic rings. The Bertz CT molecular complexity index is 853. The maximum atomic E-state index is 11.6. The number of hydrogen-bond acceptors (Lipinski definition) is 1. The maximum Gasteiger partial charge on any atom is 2.00 e. The minimum atomic E-state index is -0.689. The topological polar surface area (TPSA) is 23.1 Å². The van der Waals surface area contributed by atoms with Crippen molar-refractivity contribution in [2.75, 3.05) is 0 Å². The summed E-state index contributed by atoms with van der Waals surface area (Å²) in [7, 11) is -0.689. The summed E-state index contributed by atoms with van der Waals surface area (Å²) in [6, 6.07) is 31.0. The molecule has 0 atom stereocenters. The largest absolute Gasteiger partial charge is 2.00 e. The second-order valence-corrected chi connectivity index (χ2v) is 8.28. The third-order valence-electron chi connectivity index (χ3n) is 4.39. The fraction of sp³-hybridized carbons (Fsp3) is 0.0800. The number of allylic oxidation sites excluding steroid dienone is 5. The van der Waals surface area contributed by atoms with Crippen molar-refractivity contribution in [3.05, 3.63) is 126 Å². The van der Waals surface area contributed by atoms with Crippen molar-refractivity contribution < 1.29 is 22.2 Å². The molecule has 1 aliphatic carbocycles. The molecule has 0 spiro atoms. The van der Waals surface area contributed by atoms with Gasteiger partial charge in [-0.3, -0.25) is 0 Å². The standard InChI is InChI=1S/C20H19OP.C5H5.Fe/c1-2-16-13-14-20(19(16)15-21)22(17-9-5-3-6-10-17)18-11-7-4-8-12-18;1-2-4-5-3-1;/h3-15,21H,2H2,1H3;1-5H;/q;-1;+2/p-1. The first-order chi connectivity index (χ1) is 13.3. The van der Waals surface area contributed by atoms with Gasteiger partial charge in [0.2, 0.25) is 0 Å². The Hall–Kier alpha value is -2.24. The van der Waals surface area contributed by atoms with Crippen molar-refractivity contribution in [1.29, 1.82) is 0 Å². The molecule has 0 aromatic heterocycles. The van der Waals surface area contributed by atoms with Crippen LogP contribution in [0, 0.1) is 0 Å². The molecule has 0 saturated heterocycles. The predicted octanol–water partition coefficient (Wildman–Crippen LogP) is 5.00. The van der Waals surface area contributed by atoms with Crippen LogP contribution in [0.25, 0.3) is 0 Å². The summed E-state index contributed by atoms with van der Waals surface area (Å²) in [6.07, 6.45) is 6.14. The van der Waals surface area contributed by atoms with Gasteiger partial charge in [-0.05, 0) is 41.4 Å². The first kappa shape index (κ1) is 22.1. The summed E-state index contributed by atoms with van der Waals surface area (Å²) in [5.74, 6) is 0. The average Bonchev–Trinajstić information content (AvgIpc) is 3.43. The third kappa shape index (κ3) is 5.40. The van der Waals surface area contributed by atoms with Crippen LogP contribution in [-0.4, -0.2) is 0 Å². The Morgan fingerprint density at radius 2 is 1.36 bits per heavy atom. The van der Waals surface area contributed by atoms with E-state index in [0.29, 0.717) is 0 Å². The van der Waals surface area contributed by atoms with Crippen molar-refractivity contribution in [2.45, 2.75) is 13.3 Å². The van der Waals surface area contributed by atoms with Crippen molar-refractivity contribution in [3.63, 3.8) is 0 Å². The molecular weight excluding hydrogens is 403 g/mol. The van der Waals surface area contributed by atoms with Gasteiger partial charge in [0.15, 0.2) is 0 Å². The van der Waals surface area contributed by atoms with Crippen LogP contribution in [0.5, 0.6) is 0 Å². The van der Waals surface area contributed by atoms with Gasteiger partial charge in [0.05, 0.1) is 0 Å². The smallest absolute Gasteiger partial charge is 0.877 e. The molecule has 1 nitrogen and oxygen atoms in total. The van der Waals surface area contributed by atoms with E-state index in [9.17, 15) is 5.11 Å². The van der Waals surface area contributed by atoms with Gasteiger partial charge in [-0.25, -0.2) is 12.1 Å². The van der Waals surface area contributed by atoms with Gasteiger partial charge in [-0.15, -0.1) is 6.26 Å². The van der Waals surface area contributed by atoms with Crippen LogP contribution in [0.3, 0.4) is 0 Å². The minimum absolute atomic E-state index is 0. The SMILES string of the molecule is CCC1=CC=C(P(c2ccccc2)c2ccccc2)C1=C[O-].[Fe+2].c1cc[cH-]c1. The van der Waals surface area contributed by atoms with Crippen LogP contribution in [0.1, 0.15) is 13.3 Å². The molecule has 1 aliphatic rings. The first-order valence-corrected chi connectivity index (χ1v) is 10.5. The Balaban J connectivity index is 0.000000408. The summed E-state index contributed by atoms with van der Waals surface area (Å²) in [5, 5.41) is 15.4. The Morgan fingerprint density at radius 3 is 1.75 bits per heavy atom. The fourth-order valence-corrected chi connectivity index (χ4v) is 5.52. The van der Waals surface area contributed by atoms with Crippen molar-refractivity contribution in [3.8, 4) is 0 Å². The van der Waals surface area contributed by atoms with E-state index in [4.69, 9.17) is 0 Å². The molecule has 4 rings (SSSR count). The van der Waals surface area contributed by atoms with E-state index in [1.165, 1.54) is 15.9 Å². The van der Waals surface area contributed by atoms with E-state index in [0.717, 1.165) is 23.8 Å². The summed E-state index contributed by atoms with van der Waals surface area (Å²) in [6.45, 7) is 2.10. The molecule has 0 N–H and O–H groups in total. The summed E-state index contributed by atoms with van der Waals surface area (Å²) >= 11 is 0. The molecule has 0 fully saturated rings. The van der Waals surface area contributed by atoms with Crippen LogP contribution in [0.15, 0.2) is 126 Å². The van der Waals surface area contributed by atoms with Crippen LogP contribution < -0.4 is 15.7 Å². The Morgan fingerprint density at radius 1 is 0.821 bits per heavy atom. The maximum absolute atomic E-state index is 11.6. The summed E-state index contributed by atoms with van der Waals surface area (Å²) in [4.78, 5) is 0. The zero-order valence-electron chi connectivity index (χ0n) is 15.8. The van der Waals surface area contributed by atoms with Gasteiger partial charge in [-0.1, -0.05) is 79.7 Å². The van der Waals surface area contributed by atoms with Crippen LogP contribution in [0.2, 0.25) is 0 Å². The summed E-state index contributed by atoms with van der Waals surface area (Å²) in [5.41, 5.74) is 2.02. The van der Waals surface area contributed by atoms with E-state index < -0.39 is 7.92 Å². The summed E-state index contributed by atoms with van der Waals surface area (Å²) < 4.78 is 0. The van der Waals surface area contributed by atoms with Crippen molar-refractivity contribution in [2.24, 2.45) is 0 Å². The monoisotopic (exact) mass is 426 g/mol. The molecule has 0 amide bonds. The molecule has 3 aromatic carbocycles. The molecule has 0 bridgehead atoms. The molecule has 0 radical (unpaired) electrons. The van der Waals surface area contributed by atoms with Gasteiger partial charge in [0.25, 0.3) is 0 Å². The van der Waals surface area contributed by atoms with Crippen LogP contribution in [0.4, 0.5) is 0 Å². The Labute approximate surface area is 179 Å². The molecule has 3 heteroatoms. The minimum Gasteiger partial charge on any atom is -0.877 e. The second kappa shape index (κ2) is 11.6. The van der Waals surface area contributed by atoms with E-state index in [2.05, 4.69) is 67.6 Å². The predicted molar refractivity (Wildman–Crippen MR) is 116 cm³/mol. The average molecular weight is 426 g/mol. The zero-order valence-corrected chi connectivity index (χ0v) is 17.8. The molecule has 28 heavy (non-hydrogen) atoms. The quantitative estimate of drug-likeness (QED) is 0.249. The van der Waals surface area contributed by atoms with Gasteiger partial charge >= 0.3 is 17.1 Å². The van der Waals surface area contributed by atoms with Crippen LogP contribution >= 0.6 is 7.92 Å². The van der Waals surface area contributed by atoms with Crippen molar-refractivity contribution in [1.82, 2.24) is 0 Å².